The predicted octanol–water partition coefficient (Wildman–Crippen LogP) is 1.53. The molecule has 1 heterocycles. The molecular formula is C18H29N3O3. The van der Waals surface area contributed by atoms with E-state index in [2.05, 4.69) is 9.88 Å². The third kappa shape index (κ3) is 5.18. The maximum Gasteiger partial charge on any atom is 0.234 e. The van der Waals surface area contributed by atoms with E-state index >= 15 is 0 Å². The molecular weight excluding hydrogens is 306 g/mol. The predicted molar refractivity (Wildman–Crippen MR) is 93.4 cm³/mol. The number of hydrogen-bond acceptors (Lipinski definition) is 4. The quantitative estimate of drug-likeness (QED) is 0.520. The Morgan fingerprint density at radius 3 is 2.67 bits per heavy atom. The van der Waals surface area contributed by atoms with Crippen molar-refractivity contribution >= 4 is 11.7 Å². The number of nitrogens with one attached hydrogen (secondary N) is 1. The van der Waals surface area contributed by atoms with Gasteiger partial charge in [-0.05, 0) is 46.2 Å². The van der Waals surface area contributed by atoms with E-state index < -0.39 is 0 Å². The molecule has 0 atom stereocenters. The van der Waals surface area contributed by atoms with Crippen molar-refractivity contribution in [1.29, 1.82) is 0 Å². The number of Topliss-reactive ketones (excluding diaryl/α,β-unsaturated/α-hetero) is 1. The summed E-state index contributed by atoms with van der Waals surface area (Å²) in [5, 5.41) is 2.94. The van der Waals surface area contributed by atoms with Gasteiger partial charge in [0.25, 0.3) is 0 Å². The first-order valence-electron chi connectivity index (χ1n) is 8.59. The van der Waals surface area contributed by atoms with Crippen molar-refractivity contribution in [2.45, 2.75) is 45.7 Å². The second-order valence-electron chi connectivity index (χ2n) is 6.72. The zero-order valence-corrected chi connectivity index (χ0v) is 15.2. The summed E-state index contributed by atoms with van der Waals surface area (Å²) in [5.41, 5.74) is 2.82. The molecule has 1 N–H and O–H groups in total. The van der Waals surface area contributed by atoms with E-state index in [1.807, 2.05) is 27.0 Å². The smallest absolute Gasteiger partial charge is 0.234 e. The number of ether oxygens (including phenoxy) is 1. The van der Waals surface area contributed by atoms with Crippen LogP contribution in [0.3, 0.4) is 0 Å². The van der Waals surface area contributed by atoms with Crippen LogP contribution in [0.1, 0.15) is 41.0 Å². The molecule has 0 spiro atoms. The summed E-state index contributed by atoms with van der Waals surface area (Å²) >= 11 is 0. The van der Waals surface area contributed by atoms with Crippen LogP contribution in [-0.4, -0.2) is 61.1 Å². The molecule has 0 unspecified atom stereocenters. The maximum absolute atomic E-state index is 12.6. The van der Waals surface area contributed by atoms with Crippen molar-refractivity contribution in [3.8, 4) is 0 Å². The van der Waals surface area contributed by atoms with Gasteiger partial charge in [-0.25, -0.2) is 0 Å². The lowest BCUT2D eigenvalue weighted by molar-refractivity contribution is -0.121. The van der Waals surface area contributed by atoms with Crippen molar-refractivity contribution in [2.75, 3.05) is 33.9 Å². The highest BCUT2D eigenvalue weighted by atomic mass is 16.5. The Morgan fingerprint density at radius 2 is 2.04 bits per heavy atom. The zero-order valence-electron chi connectivity index (χ0n) is 15.2. The van der Waals surface area contributed by atoms with Gasteiger partial charge in [0.1, 0.15) is 0 Å². The number of ketones is 1. The van der Waals surface area contributed by atoms with Crippen LogP contribution in [0.4, 0.5) is 0 Å². The maximum atomic E-state index is 12.6. The highest BCUT2D eigenvalue weighted by Gasteiger charge is 2.24. The highest BCUT2D eigenvalue weighted by molar-refractivity contribution is 5.99. The molecule has 0 aromatic carbocycles. The van der Waals surface area contributed by atoms with Crippen molar-refractivity contribution in [3.63, 3.8) is 0 Å². The average molecular weight is 335 g/mol. The van der Waals surface area contributed by atoms with Crippen molar-refractivity contribution in [1.82, 2.24) is 14.8 Å². The van der Waals surface area contributed by atoms with E-state index in [0.717, 1.165) is 42.8 Å². The van der Waals surface area contributed by atoms with Gasteiger partial charge in [-0.15, -0.1) is 0 Å². The monoisotopic (exact) mass is 335 g/mol. The van der Waals surface area contributed by atoms with Crippen LogP contribution in [0.5, 0.6) is 0 Å². The average Bonchev–Trinajstić information content (AvgIpc) is 3.26. The number of nitrogens with zero attached hydrogens (tertiary/aromatic N) is 2. The Kier molecular flexibility index (Phi) is 6.57. The van der Waals surface area contributed by atoms with E-state index in [0.29, 0.717) is 12.6 Å². The van der Waals surface area contributed by atoms with Gasteiger partial charge >= 0.3 is 0 Å². The summed E-state index contributed by atoms with van der Waals surface area (Å²) in [6.45, 7) is 6.06. The number of likely N-dealkylation sites (N-methyl/N-ethyl adjacent to an activating group) is 1. The summed E-state index contributed by atoms with van der Waals surface area (Å²) < 4.78 is 7.25. The van der Waals surface area contributed by atoms with Crippen LogP contribution < -0.4 is 5.32 Å². The van der Waals surface area contributed by atoms with Crippen molar-refractivity contribution in [2.24, 2.45) is 0 Å². The molecule has 6 heteroatoms. The number of carbonyl (C=O) groups is 2. The van der Waals surface area contributed by atoms with Gasteiger partial charge in [0.2, 0.25) is 5.91 Å². The Bertz CT molecular complexity index is 591. The van der Waals surface area contributed by atoms with Gasteiger partial charge in [-0.3, -0.25) is 14.5 Å². The third-order valence-electron chi connectivity index (χ3n) is 4.37. The van der Waals surface area contributed by atoms with E-state index in [4.69, 9.17) is 4.74 Å². The van der Waals surface area contributed by atoms with Crippen molar-refractivity contribution < 1.29 is 14.3 Å². The van der Waals surface area contributed by atoms with Crippen LogP contribution >= 0.6 is 0 Å². The molecule has 1 saturated carbocycles. The molecule has 2 rings (SSSR count). The lowest BCUT2D eigenvalue weighted by Crippen LogP contribution is -2.38. The lowest BCUT2D eigenvalue weighted by atomic mass is 10.1. The number of rotatable bonds is 10. The fraction of sp³-hybridized carbons (Fsp3) is 0.667. The van der Waals surface area contributed by atoms with Gasteiger partial charge in [0.05, 0.1) is 13.1 Å². The molecule has 1 aromatic heterocycles. The van der Waals surface area contributed by atoms with Gasteiger partial charge in [0, 0.05) is 43.3 Å². The van der Waals surface area contributed by atoms with Gasteiger partial charge in [-0.2, -0.15) is 0 Å². The number of amides is 1. The number of hydrogen-bond donors (Lipinski definition) is 1. The van der Waals surface area contributed by atoms with Crippen LogP contribution in [0.25, 0.3) is 0 Å². The lowest BCUT2D eigenvalue weighted by Gasteiger charge is -2.15. The first-order valence-corrected chi connectivity index (χ1v) is 8.59. The molecule has 134 valence electrons. The number of aryl methyl sites for hydroxylation is 1. The summed E-state index contributed by atoms with van der Waals surface area (Å²) in [5.74, 6) is 0.0562. The van der Waals surface area contributed by atoms with Crippen LogP contribution in [0.15, 0.2) is 6.07 Å². The van der Waals surface area contributed by atoms with Crippen LogP contribution in [-0.2, 0) is 16.1 Å². The Labute approximate surface area is 144 Å². The summed E-state index contributed by atoms with van der Waals surface area (Å²) in [4.78, 5) is 26.2. The van der Waals surface area contributed by atoms with Crippen molar-refractivity contribution in [3.05, 3.63) is 23.0 Å². The fourth-order valence-electron chi connectivity index (χ4n) is 2.93. The topological polar surface area (TPSA) is 63.6 Å². The highest BCUT2D eigenvalue weighted by Crippen LogP contribution is 2.18. The minimum Gasteiger partial charge on any atom is -0.385 e. The molecule has 0 radical (unpaired) electrons. The molecule has 1 fully saturated rings. The second kappa shape index (κ2) is 8.44. The summed E-state index contributed by atoms with van der Waals surface area (Å²) in [7, 11) is 3.50. The minimum absolute atomic E-state index is 0.00200. The normalized spacial score (nSPS) is 14.2. The molecule has 0 saturated heterocycles. The molecule has 0 aliphatic heterocycles. The second-order valence-corrected chi connectivity index (χ2v) is 6.72. The molecule has 24 heavy (non-hydrogen) atoms. The Morgan fingerprint density at radius 1 is 1.33 bits per heavy atom. The molecule has 1 aromatic rings. The van der Waals surface area contributed by atoms with E-state index in [1.54, 1.807) is 12.0 Å². The zero-order chi connectivity index (χ0) is 17.7. The first kappa shape index (κ1) is 18.7. The van der Waals surface area contributed by atoms with Gasteiger partial charge in [-0.1, -0.05) is 0 Å². The summed E-state index contributed by atoms with van der Waals surface area (Å²) in [6, 6.07) is 2.30. The van der Waals surface area contributed by atoms with Gasteiger partial charge < -0.3 is 14.6 Å². The Hall–Kier alpha value is -1.66. The van der Waals surface area contributed by atoms with Crippen LogP contribution in [0, 0.1) is 13.8 Å². The number of methoxy groups -OCH3 is 1. The number of carbonyl (C=O) groups excluding carboxylic acids is 2. The summed E-state index contributed by atoms with van der Waals surface area (Å²) in [6.07, 6.45) is 3.06. The van der Waals surface area contributed by atoms with E-state index in [9.17, 15) is 9.59 Å². The van der Waals surface area contributed by atoms with Gasteiger partial charge in [0.15, 0.2) is 5.78 Å². The fourth-order valence-corrected chi connectivity index (χ4v) is 2.93. The minimum atomic E-state index is -0.00200. The number of aromatic nitrogens is 1. The molecule has 6 nitrogen and oxygen atoms in total. The van der Waals surface area contributed by atoms with E-state index in [1.165, 1.54) is 0 Å². The van der Waals surface area contributed by atoms with Crippen LogP contribution in [0.2, 0.25) is 0 Å². The first-order chi connectivity index (χ1) is 11.4. The molecule has 0 bridgehead atoms. The molecule has 1 aliphatic rings. The standard InChI is InChI=1S/C18H29N3O3/c1-13-10-16(14(2)21(13)8-5-9-24-4)17(22)11-20(3)12-18(23)19-15-6-7-15/h10,15H,5-9,11-12H2,1-4H3,(H,19,23). The SMILES string of the molecule is COCCCn1c(C)cc(C(=O)CN(C)CC(=O)NC2CC2)c1C. The molecule has 1 amide bonds. The third-order valence-corrected chi connectivity index (χ3v) is 4.37. The Balaban J connectivity index is 1.90. The van der Waals surface area contributed by atoms with E-state index in [-0.39, 0.29) is 24.8 Å². The largest absolute Gasteiger partial charge is 0.385 e. The molecule has 1 aliphatic carbocycles.